The molecule has 0 aliphatic carbocycles. The second-order valence-electron chi connectivity index (χ2n) is 3.81. The van der Waals surface area contributed by atoms with Crippen LogP contribution >= 0.6 is 23.4 Å². The summed E-state index contributed by atoms with van der Waals surface area (Å²) in [5, 5.41) is 20.2. The fourth-order valence-corrected chi connectivity index (χ4v) is 2.23. The Morgan fingerprint density at radius 1 is 1.55 bits per heavy atom. The number of nitrogens with two attached hydrogens (primary N) is 1. The largest absolute Gasteiger partial charge is 0.480 e. The Hall–Kier alpha value is -1.75. The van der Waals surface area contributed by atoms with E-state index in [-0.39, 0.29) is 22.4 Å². The van der Waals surface area contributed by atoms with Gasteiger partial charge < -0.3 is 16.2 Å². The van der Waals surface area contributed by atoms with Gasteiger partial charge in [-0.1, -0.05) is 11.6 Å². The molecule has 1 aromatic rings. The van der Waals surface area contributed by atoms with Crippen molar-refractivity contribution in [3.63, 3.8) is 0 Å². The van der Waals surface area contributed by atoms with Crippen molar-refractivity contribution in [3.8, 4) is 6.07 Å². The van der Waals surface area contributed by atoms with E-state index >= 15 is 0 Å². The molecule has 0 radical (unpaired) electrons. The second-order valence-corrected chi connectivity index (χ2v) is 5.25. The van der Waals surface area contributed by atoms with Crippen LogP contribution in [0.2, 0.25) is 5.02 Å². The first-order chi connectivity index (χ1) is 9.43. The smallest absolute Gasteiger partial charge is 0.321 e. The van der Waals surface area contributed by atoms with E-state index in [9.17, 15) is 9.59 Å². The zero-order valence-electron chi connectivity index (χ0n) is 10.3. The van der Waals surface area contributed by atoms with Crippen LogP contribution in [0.3, 0.4) is 0 Å². The van der Waals surface area contributed by atoms with Crippen molar-refractivity contribution in [2.45, 2.75) is 6.04 Å². The number of benzene rings is 1. The number of nitrogens with one attached hydrogen (secondary N) is 1. The highest BCUT2D eigenvalue weighted by molar-refractivity contribution is 8.00. The van der Waals surface area contributed by atoms with E-state index in [2.05, 4.69) is 5.32 Å². The monoisotopic (exact) mass is 313 g/mol. The number of nitrogens with zero attached hydrogens (tertiary/aromatic N) is 1. The first-order valence-electron chi connectivity index (χ1n) is 5.49. The lowest BCUT2D eigenvalue weighted by atomic mass is 10.2. The van der Waals surface area contributed by atoms with Crippen molar-refractivity contribution in [1.82, 2.24) is 0 Å². The maximum absolute atomic E-state index is 11.6. The van der Waals surface area contributed by atoms with Gasteiger partial charge in [0.25, 0.3) is 0 Å². The molecule has 0 aromatic heterocycles. The van der Waals surface area contributed by atoms with Crippen molar-refractivity contribution in [1.29, 1.82) is 5.26 Å². The van der Waals surface area contributed by atoms with Crippen LogP contribution in [0.1, 0.15) is 5.56 Å². The van der Waals surface area contributed by atoms with Gasteiger partial charge in [-0.2, -0.15) is 5.26 Å². The number of aliphatic carboxylic acids is 1. The van der Waals surface area contributed by atoms with Gasteiger partial charge in [-0.3, -0.25) is 9.59 Å². The molecule has 8 heteroatoms. The van der Waals surface area contributed by atoms with Gasteiger partial charge in [0.05, 0.1) is 16.3 Å². The summed E-state index contributed by atoms with van der Waals surface area (Å²) in [4.78, 5) is 22.1. The maximum Gasteiger partial charge on any atom is 0.321 e. The Kier molecular flexibility index (Phi) is 6.31. The topological polar surface area (TPSA) is 116 Å². The molecule has 0 fully saturated rings. The van der Waals surface area contributed by atoms with E-state index in [1.54, 1.807) is 6.07 Å². The van der Waals surface area contributed by atoms with Crippen LogP contribution in [-0.4, -0.2) is 34.5 Å². The minimum absolute atomic E-state index is 0.0819. The fourth-order valence-electron chi connectivity index (χ4n) is 1.23. The van der Waals surface area contributed by atoms with Crippen molar-refractivity contribution in [3.05, 3.63) is 28.8 Å². The Bertz CT molecular complexity index is 559. The summed E-state index contributed by atoms with van der Waals surface area (Å²) in [6.45, 7) is 0. The minimum Gasteiger partial charge on any atom is -0.480 e. The van der Waals surface area contributed by atoms with Crippen LogP contribution in [-0.2, 0) is 9.59 Å². The standard InChI is InChI=1S/C12H12ClN3O3S/c13-9-3-8(2-1-7(9)4-14)16-11(17)6-20-5-10(15)12(18)19/h1-3,10H,5-6,15H2,(H,16,17)(H,18,19). The predicted molar refractivity (Wildman–Crippen MR) is 77.7 cm³/mol. The average molecular weight is 314 g/mol. The fraction of sp³-hybridized carbons (Fsp3) is 0.250. The summed E-state index contributed by atoms with van der Waals surface area (Å²) >= 11 is 6.96. The number of halogens is 1. The molecule has 0 saturated carbocycles. The van der Waals surface area contributed by atoms with Gasteiger partial charge in [0.2, 0.25) is 5.91 Å². The number of hydrogen-bond acceptors (Lipinski definition) is 5. The van der Waals surface area contributed by atoms with Gasteiger partial charge in [-0.15, -0.1) is 11.8 Å². The lowest BCUT2D eigenvalue weighted by molar-refractivity contribution is -0.137. The van der Waals surface area contributed by atoms with Crippen LogP contribution in [0, 0.1) is 11.3 Å². The first-order valence-corrected chi connectivity index (χ1v) is 7.03. The normalized spacial score (nSPS) is 11.4. The zero-order valence-corrected chi connectivity index (χ0v) is 11.9. The minimum atomic E-state index is -1.10. The number of carbonyl (C=O) groups is 2. The number of amides is 1. The number of anilines is 1. The molecule has 0 aliphatic heterocycles. The third-order valence-corrected chi connectivity index (χ3v) is 3.59. The molecule has 0 aliphatic rings. The summed E-state index contributed by atoms with van der Waals surface area (Å²) in [6.07, 6.45) is 0. The van der Waals surface area contributed by atoms with Gasteiger partial charge in [-0.25, -0.2) is 0 Å². The van der Waals surface area contributed by atoms with Crippen LogP contribution in [0.5, 0.6) is 0 Å². The number of thioether (sulfide) groups is 1. The van der Waals surface area contributed by atoms with E-state index in [0.29, 0.717) is 11.3 Å². The van der Waals surface area contributed by atoms with Crippen LogP contribution in [0.15, 0.2) is 18.2 Å². The molecule has 0 bridgehead atoms. The number of rotatable bonds is 6. The number of carboxylic acids is 1. The molecular weight excluding hydrogens is 302 g/mol. The second kappa shape index (κ2) is 7.75. The summed E-state index contributed by atoms with van der Waals surface area (Å²) in [6, 6.07) is 5.47. The molecule has 6 nitrogen and oxygen atoms in total. The van der Waals surface area contributed by atoms with Crippen molar-refractivity contribution in [2.75, 3.05) is 16.8 Å². The molecule has 0 spiro atoms. The highest BCUT2D eigenvalue weighted by Crippen LogP contribution is 2.20. The quantitative estimate of drug-likeness (QED) is 0.728. The molecule has 106 valence electrons. The van der Waals surface area contributed by atoms with E-state index in [1.165, 1.54) is 12.1 Å². The molecule has 4 N–H and O–H groups in total. The molecule has 1 unspecified atom stereocenters. The highest BCUT2D eigenvalue weighted by Gasteiger charge is 2.12. The Labute approximate surface area is 124 Å². The summed E-state index contributed by atoms with van der Waals surface area (Å²) < 4.78 is 0. The molecule has 1 aromatic carbocycles. The Balaban J connectivity index is 2.45. The van der Waals surface area contributed by atoms with E-state index < -0.39 is 12.0 Å². The van der Waals surface area contributed by atoms with Crippen LogP contribution in [0.4, 0.5) is 5.69 Å². The molecule has 1 amide bonds. The van der Waals surface area contributed by atoms with Gasteiger partial charge in [0.1, 0.15) is 12.1 Å². The number of carbonyl (C=O) groups excluding carboxylic acids is 1. The summed E-state index contributed by atoms with van der Waals surface area (Å²) in [7, 11) is 0. The molecular formula is C12H12ClN3O3S. The van der Waals surface area contributed by atoms with E-state index in [0.717, 1.165) is 11.8 Å². The van der Waals surface area contributed by atoms with Crippen LogP contribution in [0.25, 0.3) is 0 Å². The summed E-state index contributed by atoms with van der Waals surface area (Å²) in [5.74, 6) is -1.17. The highest BCUT2D eigenvalue weighted by atomic mass is 35.5. The average Bonchev–Trinajstić information content (AvgIpc) is 2.38. The first kappa shape index (κ1) is 16.3. The van der Waals surface area contributed by atoms with Gasteiger partial charge in [0, 0.05) is 11.4 Å². The predicted octanol–water partition coefficient (Wildman–Crippen LogP) is 1.30. The van der Waals surface area contributed by atoms with E-state index in [1.807, 2.05) is 6.07 Å². The number of hydrogen-bond donors (Lipinski definition) is 3. The van der Waals surface area contributed by atoms with Gasteiger partial charge >= 0.3 is 5.97 Å². The van der Waals surface area contributed by atoms with Gasteiger partial charge in [-0.05, 0) is 18.2 Å². The summed E-state index contributed by atoms with van der Waals surface area (Å²) in [5.41, 5.74) is 6.11. The maximum atomic E-state index is 11.6. The van der Waals surface area contributed by atoms with Crippen molar-refractivity contribution >= 4 is 40.9 Å². The SMILES string of the molecule is N#Cc1ccc(NC(=O)CSCC(N)C(=O)O)cc1Cl. The number of nitriles is 1. The lowest BCUT2D eigenvalue weighted by Gasteiger charge is -2.07. The lowest BCUT2D eigenvalue weighted by Crippen LogP contribution is -2.33. The molecule has 20 heavy (non-hydrogen) atoms. The Morgan fingerprint density at radius 3 is 2.80 bits per heavy atom. The molecule has 1 rings (SSSR count). The molecule has 0 heterocycles. The Morgan fingerprint density at radius 2 is 2.25 bits per heavy atom. The third-order valence-electron chi connectivity index (χ3n) is 2.22. The van der Waals surface area contributed by atoms with E-state index in [4.69, 9.17) is 27.7 Å². The van der Waals surface area contributed by atoms with Crippen LogP contribution < -0.4 is 11.1 Å². The zero-order chi connectivity index (χ0) is 15.1. The van der Waals surface area contributed by atoms with Crippen molar-refractivity contribution < 1.29 is 14.7 Å². The van der Waals surface area contributed by atoms with Gasteiger partial charge in [0.15, 0.2) is 0 Å². The number of carboxylic acid groups (broad SMARTS) is 1. The molecule has 1 atom stereocenters. The van der Waals surface area contributed by atoms with Crippen molar-refractivity contribution in [2.24, 2.45) is 5.73 Å². The third kappa shape index (κ3) is 5.09. The molecule has 0 saturated heterocycles.